The van der Waals surface area contributed by atoms with Gasteiger partial charge in [-0.05, 0) is 17.5 Å². The van der Waals surface area contributed by atoms with Gasteiger partial charge in [0.2, 0.25) is 11.8 Å². The van der Waals surface area contributed by atoms with Crippen LogP contribution in [0.1, 0.15) is 25.8 Å². The third-order valence-electron chi connectivity index (χ3n) is 4.93. The highest BCUT2D eigenvalue weighted by Gasteiger charge is 2.40. The third-order valence-corrected chi connectivity index (χ3v) is 4.93. The van der Waals surface area contributed by atoms with Gasteiger partial charge in [-0.2, -0.15) is 0 Å². The highest BCUT2D eigenvalue weighted by atomic mass is 16.2. The number of carbonyl (C=O) groups is 2. The largest absolute Gasteiger partial charge is 0.361 e. The molecule has 0 bridgehead atoms. The van der Waals surface area contributed by atoms with Crippen molar-refractivity contribution in [1.29, 1.82) is 0 Å². The first-order valence-electron chi connectivity index (χ1n) is 8.15. The van der Waals surface area contributed by atoms with Gasteiger partial charge in [0.05, 0.1) is 0 Å². The van der Waals surface area contributed by atoms with Gasteiger partial charge >= 0.3 is 0 Å². The number of H-pyrrole nitrogens is 1. The quantitative estimate of drug-likeness (QED) is 0.907. The van der Waals surface area contributed by atoms with Crippen molar-refractivity contribution in [2.24, 2.45) is 5.92 Å². The summed E-state index contributed by atoms with van der Waals surface area (Å²) >= 11 is 0. The fourth-order valence-corrected chi connectivity index (χ4v) is 3.40. The maximum Gasteiger partial charge on any atom is 0.245 e. The molecule has 1 aromatic heterocycles. The molecule has 5 heteroatoms. The van der Waals surface area contributed by atoms with E-state index in [2.05, 4.69) is 10.3 Å². The fraction of sp³-hybridized carbons (Fsp3) is 0.444. The van der Waals surface area contributed by atoms with Gasteiger partial charge in [-0.15, -0.1) is 0 Å². The number of aromatic nitrogens is 1. The molecule has 3 atom stereocenters. The molecule has 0 saturated carbocycles. The highest BCUT2D eigenvalue weighted by molar-refractivity contribution is 5.97. The van der Waals surface area contributed by atoms with Gasteiger partial charge in [0.25, 0.3) is 0 Å². The van der Waals surface area contributed by atoms with Gasteiger partial charge in [-0.1, -0.05) is 38.5 Å². The average molecular weight is 313 g/mol. The maximum absolute atomic E-state index is 12.7. The summed E-state index contributed by atoms with van der Waals surface area (Å²) in [7, 11) is 1.74. The molecule has 0 aliphatic carbocycles. The summed E-state index contributed by atoms with van der Waals surface area (Å²) in [4.78, 5) is 29.9. The van der Waals surface area contributed by atoms with Gasteiger partial charge in [-0.25, -0.2) is 0 Å². The Morgan fingerprint density at radius 1 is 1.26 bits per heavy atom. The van der Waals surface area contributed by atoms with Gasteiger partial charge in [0, 0.05) is 30.6 Å². The van der Waals surface area contributed by atoms with Crippen LogP contribution in [-0.2, 0) is 16.0 Å². The Balaban J connectivity index is 1.82. The molecule has 2 N–H and O–H groups in total. The van der Waals surface area contributed by atoms with E-state index < -0.39 is 6.04 Å². The van der Waals surface area contributed by atoms with Crippen LogP contribution >= 0.6 is 0 Å². The number of piperazine rings is 1. The van der Waals surface area contributed by atoms with Crippen molar-refractivity contribution in [1.82, 2.24) is 15.2 Å². The summed E-state index contributed by atoms with van der Waals surface area (Å²) in [6.45, 7) is 4.04. The number of carbonyl (C=O) groups excluding carboxylic acids is 2. The Bertz CT molecular complexity index is 737. The summed E-state index contributed by atoms with van der Waals surface area (Å²) in [5, 5.41) is 4.02. The molecule has 2 aromatic rings. The van der Waals surface area contributed by atoms with E-state index in [1.807, 2.05) is 44.3 Å². The minimum absolute atomic E-state index is 0.0137. The van der Waals surface area contributed by atoms with Crippen LogP contribution in [0.5, 0.6) is 0 Å². The minimum atomic E-state index is -0.494. The van der Waals surface area contributed by atoms with Gasteiger partial charge < -0.3 is 15.2 Å². The summed E-state index contributed by atoms with van der Waals surface area (Å²) in [5.74, 6) is 0.0875. The second-order valence-corrected chi connectivity index (χ2v) is 6.40. The zero-order valence-electron chi connectivity index (χ0n) is 13.8. The number of likely N-dealkylation sites (N-methyl/N-ethyl adjacent to an activating group) is 1. The molecule has 1 aliphatic heterocycles. The van der Waals surface area contributed by atoms with Crippen molar-refractivity contribution >= 4 is 22.7 Å². The summed E-state index contributed by atoms with van der Waals surface area (Å²) in [6, 6.07) is 7.12. The number of para-hydroxylation sites is 1. The Labute approximate surface area is 136 Å². The molecule has 1 aliphatic rings. The minimum Gasteiger partial charge on any atom is -0.361 e. The number of nitrogens with one attached hydrogen (secondary N) is 2. The van der Waals surface area contributed by atoms with E-state index in [0.29, 0.717) is 6.42 Å². The predicted octanol–water partition coefficient (Wildman–Crippen LogP) is 2.08. The first-order chi connectivity index (χ1) is 11.0. The Kier molecular flexibility index (Phi) is 4.11. The average Bonchev–Trinajstić information content (AvgIpc) is 2.95. The monoisotopic (exact) mass is 313 g/mol. The van der Waals surface area contributed by atoms with E-state index in [0.717, 1.165) is 22.9 Å². The molecule has 23 heavy (non-hydrogen) atoms. The molecular formula is C18H23N3O2. The van der Waals surface area contributed by atoms with Crippen LogP contribution in [0.15, 0.2) is 30.5 Å². The summed E-state index contributed by atoms with van der Waals surface area (Å²) < 4.78 is 0. The van der Waals surface area contributed by atoms with Crippen LogP contribution in [0.3, 0.4) is 0 Å². The molecule has 122 valence electrons. The molecule has 1 fully saturated rings. The lowest BCUT2D eigenvalue weighted by Gasteiger charge is -2.39. The van der Waals surface area contributed by atoms with E-state index in [1.54, 1.807) is 11.9 Å². The standard InChI is InChI=1S/C18H23N3O2/c1-4-11(2)16-17(22)20-15(18(23)21(16)3)9-12-10-19-14-8-6-5-7-13(12)14/h5-8,10-11,15-16,19H,4,9H2,1-3H3,(H,20,22)/t11-,15+,16-/m1/s1. The lowest BCUT2D eigenvalue weighted by Crippen LogP contribution is -2.64. The van der Waals surface area contributed by atoms with Crippen molar-refractivity contribution in [3.63, 3.8) is 0 Å². The number of aromatic amines is 1. The van der Waals surface area contributed by atoms with Crippen molar-refractivity contribution in [3.8, 4) is 0 Å². The van der Waals surface area contributed by atoms with Gasteiger partial charge in [-0.3, -0.25) is 9.59 Å². The number of hydrogen-bond acceptors (Lipinski definition) is 2. The van der Waals surface area contributed by atoms with Crippen LogP contribution in [0.4, 0.5) is 0 Å². The van der Waals surface area contributed by atoms with Gasteiger partial charge in [0.1, 0.15) is 12.1 Å². The first kappa shape index (κ1) is 15.6. The topological polar surface area (TPSA) is 65.2 Å². The second kappa shape index (κ2) is 6.07. The fourth-order valence-electron chi connectivity index (χ4n) is 3.40. The van der Waals surface area contributed by atoms with Gasteiger partial charge in [0.15, 0.2) is 0 Å². The van der Waals surface area contributed by atoms with Crippen LogP contribution in [0.25, 0.3) is 10.9 Å². The number of benzene rings is 1. The van der Waals surface area contributed by atoms with E-state index in [9.17, 15) is 9.59 Å². The lowest BCUT2D eigenvalue weighted by atomic mass is 9.92. The number of rotatable bonds is 4. The van der Waals surface area contributed by atoms with Crippen molar-refractivity contribution in [2.45, 2.75) is 38.8 Å². The zero-order valence-corrected chi connectivity index (χ0v) is 13.8. The SMILES string of the molecule is CC[C@@H](C)[C@@H]1C(=O)N[C@@H](Cc2c[nH]c3ccccc23)C(=O)N1C. The predicted molar refractivity (Wildman–Crippen MR) is 89.9 cm³/mol. The molecule has 1 saturated heterocycles. The normalized spacial score (nSPS) is 23.2. The number of amides is 2. The first-order valence-corrected chi connectivity index (χ1v) is 8.15. The van der Waals surface area contributed by atoms with E-state index in [-0.39, 0.29) is 23.8 Å². The van der Waals surface area contributed by atoms with Crippen molar-refractivity contribution in [3.05, 3.63) is 36.0 Å². The molecule has 2 amide bonds. The molecule has 0 spiro atoms. The Hall–Kier alpha value is -2.30. The molecule has 0 radical (unpaired) electrons. The molecule has 0 unspecified atom stereocenters. The number of fused-ring (bicyclic) bond motifs is 1. The zero-order chi connectivity index (χ0) is 16.6. The maximum atomic E-state index is 12.7. The lowest BCUT2D eigenvalue weighted by molar-refractivity contribution is -0.149. The number of hydrogen-bond donors (Lipinski definition) is 2. The van der Waals surface area contributed by atoms with Crippen molar-refractivity contribution in [2.75, 3.05) is 7.05 Å². The van der Waals surface area contributed by atoms with E-state index >= 15 is 0 Å². The Morgan fingerprint density at radius 3 is 2.74 bits per heavy atom. The summed E-state index contributed by atoms with van der Waals surface area (Å²) in [6.07, 6.45) is 3.29. The molecule has 1 aromatic carbocycles. The van der Waals surface area contributed by atoms with Crippen LogP contribution in [0.2, 0.25) is 0 Å². The summed E-state index contributed by atoms with van der Waals surface area (Å²) in [5.41, 5.74) is 2.09. The van der Waals surface area contributed by atoms with Crippen LogP contribution < -0.4 is 5.32 Å². The van der Waals surface area contributed by atoms with E-state index in [1.165, 1.54) is 0 Å². The Morgan fingerprint density at radius 2 is 2.00 bits per heavy atom. The second-order valence-electron chi connectivity index (χ2n) is 6.40. The molecule has 3 rings (SSSR count). The number of nitrogens with zero attached hydrogens (tertiary/aromatic N) is 1. The van der Waals surface area contributed by atoms with Crippen LogP contribution in [-0.4, -0.2) is 40.8 Å². The smallest absolute Gasteiger partial charge is 0.245 e. The van der Waals surface area contributed by atoms with E-state index in [4.69, 9.17) is 0 Å². The third kappa shape index (κ3) is 2.71. The van der Waals surface area contributed by atoms with Crippen LogP contribution in [0, 0.1) is 5.92 Å². The highest BCUT2D eigenvalue weighted by Crippen LogP contribution is 2.23. The molecular weight excluding hydrogens is 290 g/mol. The molecule has 5 nitrogen and oxygen atoms in total. The molecule has 2 heterocycles. The van der Waals surface area contributed by atoms with Crippen molar-refractivity contribution < 1.29 is 9.59 Å².